The Kier molecular flexibility index (Phi) is 6.89. The molecule has 1 N–H and O–H groups in total. The van der Waals surface area contributed by atoms with Crippen molar-refractivity contribution in [2.45, 2.75) is 17.7 Å². The first-order chi connectivity index (χ1) is 13.6. The summed E-state index contributed by atoms with van der Waals surface area (Å²) in [7, 11) is 3.21. The molecule has 0 bridgehead atoms. The van der Waals surface area contributed by atoms with Crippen molar-refractivity contribution in [2.24, 2.45) is 0 Å². The van der Waals surface area contributed by atoms with Crippen molar-refractivity contribution < 1.29 is 14.3 Å². The summed E-state index contributed by atoms with van der Waals surface area (Å²) in [6.45, 7) is 0. The Labute approximate surface area is 172 Å². The predicted molar refractivity (Wildman–Crippen MR) is 113 cm³/mol. The monoisotopic (exact) mass is 415 g/mol. The number of amides is 1. The molecule has 3 rings (SSSR count). The topological polar surface area (TPSA) is 73.3 Å². The summed E-state index contributed by atoms with van der Waals surface area (Å²) in [5.41, 5.74) is 1.66. The number of benzene rings is 2. The number of rotatable bonds is 8. The molecule has 1 heterocycles. The average Bonchev–Trinajstić information content (AvgIpc) is 3.19. The Morgan fingerprint density at radius 2 is 1.86 bits per heavy atom. The Balaban J connectivity index is 1.61. The maximum Gasteiger partial charge on any atom is 0.261 e. The number of aryl methyl sites for hydroxylation is 2. The summed E-state index contributed by atoms with van der Waals surface area (Å²) < 4.78 is 10.5. The molecule has 0 aliphatic rings. The van der Waals surface area contributed by atoms with Crippen LogP contribution in [0.15, 0.2) is 47.4 Å². The van der Waals surface area contributed by atoms with Gasteiger partial charge in [0.1, 0.15) is 16.5 Å². The molecule has 0 radical (unpaired) electrons. The highest BCUT2D eigenvalue weighted by molar-refractivity contribution is 7.98. The first kappa shape index (κ1) is 20.2. The normalized spacial score (nSPS) is 10.5. The quantitative estimate of drug-likeness (QED) is 0.553. The van der Waals surface area contributed by atoms with E-state index in [0.29, 0.717) is 16.4 Å². The zero-order chi connectivity index (χ0) is 19.9. The molecule has 0 saturated carbocycles. The Hall–Kier alpha value is -2.58. The van der Waals surface area contributed by atoms with Gasteiger partial charge in [0.15, 0.2) is 0 Å². The van der Waals surface area contributed by atoms with Crippen LogP contribution >= 0.6 is 23.1 Å². The van der Waals surface area contributed by atoms with Crippen LogP contribution in [-0.4, -0.2) is 36.6 Å². The molecule has 0 unspecified atom stereocenters. The largest absolute Gasteiger partial charge is 0.497 e. The summed E-state index contributed by atoms with van der Waals surface area (Å²) in [6.07, 6.45) is 3.57. The van der Waals surface area contributed by atoms with Gasteiger partial charge in [-0.05, 0) is 48.6 Å². The maximum atomic E-state index is 12.6. The van der Waals surface area contributed by atoms with E-state index < -0.39 is 0 Å². The summed E-state index contributed by atoms with van der Waals surface area (Å²) in [6, 6.07) is 13.4. The standard InChI is InChI=1S/C20H21N3O3S2/c1-25-14-7-4-13(5-8-14)6-11-18-22-23-20(28-18)21-19(24)16-10-9-15(27-3)12-17(16)26-2/h4-5,7-10,12H,6,11H2,1-3H3,(H,21,23,24). The summed E-state index contributed by atoms with van der Waals surface area (Å²) in [4.78, 5) is 13.6. The van der Waals surface area contributed by atoms with Gasteiger partial charge in [0, 0.05) is 11.3 Å². The van der Waals surface area contributed by atoms with Crippen LogP contribution in [0.4, 0.5) is 5.13 Å². The lowest BCUT2D eigenvalue weighted by molar-refractivity contribution is 0.102. The lowest BCUT2D eigenvalue weighted by atomic mass is 10.1. The van der Waals surface area contributed by atoms with Crippen LogP contribution in [0.1, 0.15) is 20.9 Å². The van der Waals surface area contributed by atoms with E-state index in [0.717, 1.165) is 28.5 Å². The second-order valence-electron chi connectivity index (χ2n) is 5.87. The van der Waals surface area contributed by atoms with E-state index in [9.17, 15) is 4.79 Å². The highest BCUT2D eigenvalue weighted by Gasteiger charge is 2.15. The van der Waals surface area contributed by atoms with Crippen molar-refractivity contribution in [1.82, 2.24) is 10.2 Å². The minimum atomic E-state index is -0.262. The Morgan fingerprint density at radius 3 is 2.54 bits per heavy atom. The number of ether oxygens (including phenoxy) is 2. The summed E-state index contributed by atoms with van der Waals surface area (Å²) in [5, 5.41) is 12.4. The van der Waals surface area contributed by atoms with E-state index in [1.807, 2.05) is 42.7 Å². The van der Waals surface area contributed by atoms with Crippen molar-refractivity contribution in [3.63, 3.8) is 0 Å². The molecule has 0 aliphatic carbocycles. The number of nitrogens with zero attached hydrogens (tertiary/aromatic N) is 2. The molecule has 0 aliphatic heterocycles. The first-order valence-electron chi connectivity index (χ1n) is 8.61. The Morgan fingerprint density at radius 1 is 1.07 bits per heavy atom. The number of anilines is 1. The molecule has 1 aromatic heterocycles. The first-order valence-corrected chi connectivity index (χ1v) is 10.7. The highest BCUT2D eigenvalue weighted by Crippen LogP contribution is 2.27. The van der Waals surface area contributed by atoms with Crippen LogP contribution in [0.5, 0.6) is 11.5 Å². The van der Waals surface area contributed by atoms with Crippen LogP contribution in [0.25, 0.3) is 0 Å². The van der Waals surface area contributed by atoms with E-state index in [1.165, 1.54) is 16.9 Å². The third kappa shape index (κ3) is 5.02. The lowest BCUT2D eigenvalue weighted by Crippen LogP contribution is -2.13. The van der Waals surface area contributed by atoms with Gasteiger partial charge >= 0.3 is 0 Å². The fraction of sp³-hybridized carbons (Fsp3) is 0.250. The van der Waals surface area contributed by atoms with Crippen LogP contribution in [0, 0.1) is 0 Å². The minimum absolute atomic E-state index is 0.262. The van der Waals surface area contributed by atoms with Crippen LogP contribution in [0.3, 0.4) is 0 Å². The van der Waals surface area contributed by atoms with Crippen LogP contribution < -0.4 is 14.8 Å². The van der Waals surface area contributed by atoms with Gasteiger partial charge in [0.25, 0.3) is 5.91 Å². The molecule has 0 saturated heterocycles. The molecule has 28 heavy (non-hydrogen) atoms. The summed E-state index contributed by atoms with van der Waals surface area (Å²) >= 11 is 2.97. The van der Waals surface area contributed by atoms with Crippen LogP contribution in [-0.2, 0) is 12.8 Å². The Bertz CT molecular complexity index is 942. The van der Waals surface area contributed by atoms with Gasteiger partial charge in [0.2, 0.25) is 5.13 Å². The molecule has 3 aromatic rings. The zero-order valence-corrected chi connectivity index (χ0v) is 17.5. The lowest BCUT2D eigenvalue weighted by Gasteiger charge is -2.09. The number of methoxy groups -OCH3 is 2. The van der Waals surface area contributed by atoms with Crippen LogP contribution in [0.2, 0.25) is 0 Å². The van der Waals surface area contributed by atoms with Gasteiger partial charge < -0.3 is 9.47 Å². The average molecular weight is 416 g/mol. The van der Waals surface area contributed by atoms with Crippen molar-refractivity contribution in [3.8, 4) is 11.5 Å². The molecule has 0 fully saturated rings. The predicted octanol–water partition coefficient (Wildman–Crippen LogP) is 4.31. The molecule has 2 aromatic carbocycles. The van der Waals surface area contributed by atoms with E-state index in [2.05, 4.69) is 15.5 Å². The molecule has 0 spiro atoms. The number of aromatic nitrogens is 2. The van der Waals surface area contributed by atoms with Crippen molar-refractivity contribution in [3.05, 3.63) is 58.6 Å². The number of hydrogen-bond donors (Lipinski definition) is 1. The number of carbonyl (C=O) groups is 1. The second kappa shape index (κ2) is 9.57. The van der Waals surface area contributed by atoms with E-state index in [1.54, 1.807) is 32.0 Å². The number of hydrogen-bond acceptors (Lipinski definition) is 7. The van der Waals surface area contributed by atoms with E-state index in [4.69, 9.17) is 9.47 Å². The summed E-state index contributed by atoms with van der Waals surface area (Å²) in [5.74, 6) is 1.11. The van der Waals surface area contributed by atoms with Gasteiger partial charge in [-0.3, -0.25) is 10.1 Å². The second-order valence-corrected chi connectivity index (χ2v) is 7.81. The fourth-order valence-corrected chi connectivity index (χ4v) is 3.76. The highest BCUT2D eigenvalue weighted by atomic mass is 32.2. The number of thioether (sulfide) groups is 1. The van der Waals surface area contributed by atoms with Crippen molar-refractivity contribution in [1.29, 1.82) is 0 Å². The van der Waals surface area contributed by atoms with Gasteiger partial charge in [-0.15, -0.1) is 22.0 Å². The molecule has 8 heteroatoms. The van der Waals surface area contributed by atoms with Gasteiger partial charge in [0.05, 0.1) is 19.8 Å². The third-order valence-electron chi connectivity index (χ3n) is 4.13. The molecule has 146 valence electrons. The van der Waals surface area contributed by atoms with E-state index in [-0.39, 0.29) is 5.91 Å². The number of carbonyl (C=O) groups excluding carboxylic acids is 1. The minimum Gasteiger partial charge on any atom is -0.497 e. The maximum absolute atomic E-state index is 12.6. The van der Waals surface area contributed by atoms with Gasteiger partial charge in [-0.2, -0.15) is 0 Å². The number of nitrogens with one attached hydrogen (secondary N) is 1. The zero-order valence-electron chi connectivity index (χ0n) is 15.9. The molecule has 1 amide bonds. The van der Waals surface area contributed by atoms with Crippen molar-refractivity contribution in [2.75, 3.05) is 25.8 Å². The van der Waals surface area contributed by atoms with Gasteiger partial charge in [-0.1, -0.05) is 23.5 Å². The molecular weight excluding hydrogens is 394 g/mol. The van der Waals surface area contributed by atoms with Gasteiger partial charge in [-0.25, -0.2) is 0 Å². The SMILES string of the molecule is COc1ccc(CCc2nnc(NC(=O)c3ccc(SC)cc3OC)s2)cc1. The molecule has 6 nitrogen and oxygen atoms in total. The molecule has 0 atom stereocenters. The molecular formula is C20H21N3O3S2. The van der Waals surface area contributed by atoms with E-state index >= 15 is 0 Å². The fourth-order valence-electron chi connectivity index (χ4n) is 2.60. The smallest absolute Gasteiger partial charge is 0.261 e. The third-order valence-corrected chi connectivity index (χ3v) is 5.75. The van der Waals surface area contributed by atoms with Crippen molar-refractivity contribution >= 4 is 34.1 Å².